The quantitative estimate of drug-likeness (QED) is 0.915. The number of hydrogen-bond acceptors (Lipinski definition) is 3. The van der Waals surface area contributed by atoms with Crippen molar-refractivity contribution in [1.29, 1.82) is 0 Å². The van der Waals surface area contributed by atoms with E-state index in [1.54, 1.807) is 19.2 Å². The molecule has 0 aliphatic heterocycles. The molecule has 1 aromatic carbocycles. The Morgan fingerprint density at radius 1 is 1.32 bits per heavy atom. The maximum absolute atomic E-state index is 13.3. The lowest BCUT2D eigenvalue weighted by molar-refractivity contribution is 0.199. The summed E-state index contributed by atoms with van der Waals surface area (Å²) in [6.45, 7) is 4.36. The average Bonchev–Trinajstić information content (AvgIpc) is 2.40. The smallest absolute Gasteiger partial charge is 0.132 e. The zero-order valence-corrected chi connectivity index (χ0v) is 11.0. The summed E-state index contributed by atoms with van der Waals surface area (Å²) in [5.74, 6) is 0.467. The molecule has 1 atom stereocenters. The third kappa shape index (κ3) is 3.09. The zero-order valence-electron chi connectivity index (χ0n) is 11.0. The van der Waals surface area contributed by atoms with Crippen LogP contribution >= 0.6 is 0 Å². The summed E-state index contributed by atoms with van der Waals surface area (Å²) in [4.78, 5) is 6.23. The van der Waals surface area contributed by atoms with Gasteiger partial charge in [0.2, 0.25) is 0 Å². The van der Waals surface area contributed by atoms with Crippen LogP contribution < -0.4 is 4.90 Å². The molecule has 0 unspecified atom stereocenters. The van der Waals surface area contributed by atoms with Crippen molar-refractivity contribution in [2.75, 3.05) is 11.4 Å². The van der Waals surface area contributed by atoms with Gasteiger partial charge in [0.15, 0.2) is 0 Å². The highest BCUT2D eigenvalue weighted by atomic mass is 19.1. The van der Waals surface area contributed by atoms with Gasteiger partial charge in [-0.1, -0.05) is 12.1 Å². The number of hydrogen-bond donors (Lipinski definition) is 1. The number of rotatable bonds is 4. The van der Waals surface area contributed by atoms with Crippen LogP contribution in [0.15, 0.2) is 42.6 Å². The average molecular weight is 260 g/mol. The van der Waals surface area contributed by atoms with E-state index < -0.39 is 6.10 Å². The van der Waals surface area contributed by atoms with Crippen molar-refractivity contribution in [2.24, 2.45) is 0 Å². The lowest BCUT2D eigenvalue weighted by Gasteiger charge is -2.22. The van der Waals surface area contributed by atoms with E-state index in [1.807, 2.05) is 30.0 Å². The molecule has 0 aliphatic carbocycles. The van der Waals surface area contributed by atoms with Crippen LogP contribution in [0.2, 0.25) is 0 Å². The van der Waals surface area contributed by atoms with Gasteiger partial charge in [0.25, 0.3) is 0 Å². The Morgan fingerprint density at radius 3 is 2.63 bits per heavy atom. The third-order valence-corrected chi connectivity index (χ3v) is 2.97. The van der Waals surface area contributed by atoms with Crippen LogP contribution in [0.5, 0.6) is 0 Å². The minimum Gasteiger partial charge on any atom is -0.389 e. The fourth-order valence-electron chi connectivity index (χ4n) is 1.93. The van der Waals surface area contributed by atoms with Crippen LogP contribution in [-0.4, -0.2) is 16.6 Å². The van der Waals surface area contributed by atoms with Crippen LogP contribution in [0.4, 0.5) is 15.9 Å². The van der Waals surface area contributed by atoms with Crippen molar-refractivity contribution in [1.82, 2.24) is 4.98 Å². The SMILES string of the molecule is CCN(c1cccc(F)c1)c1ccc([C@@H](C)O)cn1. The zero-order chi connectivity index (χ0) is 13.8. The lowest BCUT2D eigenvalue weighted by Crippen LogP contribution is -2.17. The number of anilines is 2. The van der Waals surface area contributed by atoms with Gasteiger partial charge in [-0.3, -0.25) is 0 Å². The first-order chi connectivity index (χ1) is 9.11. The molecule has 1 N–H and O–H groups in total. The fourth-order valence-corrected chi connectivity index (χ4v) is 1.93. The topological polar surface area (TPSA) is 36.4 Å². The number of aliphatic hydroxyl groups is 1. The summed E-state index contributed by atoms with van der Waals surface area (Å²) in [6, 6.07) is 10.1. The van der Waals surface area contributed by atoms with Gasteiger partial charge in [-0.25, -0.2) is 9.37 Å². The van der Waals surface area contributed by atoms with Crippen molar-refractivity contribution in [2.45, 2.75) is 20.0 Å². The van der Waals surface area contributed by atoms with Crippen LogP contribution in [0, 0.1) is 5.82 Å². The van der Waals surface area contributed by atoms with Crippen LogP contribution in [-0.2, 0) is 0 Å². The molecule has 2 aromatic rings. The van der Waals surface area contributed by atoms with Gasteiger partial charge in [0, 0.05) is 18.4 Å². The molecule has 100 valence electrons. The molecule has 3 nitrogen and oxygen atoms in total. The number of benzene rings is 1. The van der Waals surface area contributed by atoms with Gasteiger partial charge < -0.3 is 10.0 Å². The minimum absolute atomic E-state index is 0.267. The molecule has 0 bridgehead atoms. The number of pyridine rings is 1. The first-order valence-corrected chi connectivity index (χ1v) is 6.29. The minimum atomic E-state index is -0.536. The number of nitrogens with zero attached hydrogens (tertiary/aromatic N) is 2. The molecule has 1 aromatic heterocycles. The second kappa shape index (κ2) is 5.80. The highest BCUT2D eigenvalue weighted by Crippen LogP contribution is 2.24. The standard InChI is InChI=1S/C15H17FN2O/c1-3-18(14-6-4-5-13(16)9-14)15-8-7-12(10-17-15)11(2)19/h4-11,19H,3H2,1-2H3/t11-/m1/s1. The summed E-state index contributed by atoms with van der Waals surface area (Å²) >= 11 is 0. The van der Waals surface area contributed by atoms with Gasteiger partial charge >= 0.3 is 0 Å². The maximum Gasteiger partial charge on any atom is 0.132 e. The molecule has 0 amide bonds. The van der Waals surface area contributed by atoms with E-state index in [0.717, 1.165) is 17.1 Å². The molecule has 0 radical (unpaired) electrons. The highest BCUT2D eigenvalue weighted by molar-refractivity contribution is 5.59. The highest BCUT2D eigenvalue weighted by Gasteiger charge is 2.10. The Morgan fingerprint density at radius 2 is 2.11 bits per heavy atom. The van der Waals surface area contributed by atoms with Gasteiger partial charge in [-0.15, -0.1) is 0 Å². The summed E-state index contributed by atoms with van der Waals surface area (Å²) < 4.78 is 13.3. The van der Waals surface area contributed by atoms with Crippen LogP contribution in [0.1, 0.15) is 25.5 Å². The van der Waals surface area contributed by atoms with E-state index in [-0.39, 0.29) is 5.82 Å². The molecule has 0 aliphatic rings. The van der Waals surface area contributed by atoms with Gasteiger partial charge in [0.05, 0.1) is 6.10 Å². The fraction of sp³-hybridized carbons (Fsp3) is 0.267. The van der Waals surface area contributed by atoms with E-state index >= 15 is 0 Å². The molecule has 0 spiro atoms. The Balaban J connectivity index is 2.31. The van der Waals surface area contributed by atoms with Crippen LogP contribution in [0.25, 0.3) is 0 Å². The number of halogens is 1. The molecule has 0 saturated heterocycles. The first-order valence-electron chi connectivity index (χ1n) is 6.29. The Kier molecular flexibility index (Phi) is 4.12. The van der Waals surface area contributed by atoms with Gasteiger partial charge in [-0.05, 0) is 43.7 Å². The van der Waals surface area contributed by atoms with Crippen molar-refractivity contribution >= 4 is 11.5 Å². The van der Waals surface area contributed by atoms with Crippen molar-refractivity contribution < 1.29 is 9.50 Å². The number of aliphatic hydroxyl groups excluding tert-OH is 1. The maximum atomic E-state index is 13.3. The van der Waals surface area contributed by atoms with Gasteiger partial charge in [0.1, 0.15) is 11.6 Å². The van der Waals surface area contributed by atoms with Crippen molar-refractivity contribution in [3.8, 4) is 0 Å². The molecule has 1 heterocycles. The van der Waals surface area contributed by atoms with E-state index in [9.17, 15) is 9.50 Å². The summed E-state index contributed by atoms with van der Waals surface area (Å²) in [6.07, 6.45) is 1.10. The molecule has 0 saturated carbocycles. The molecular formula is C15H17FN2O. The summed E-state index contributed by atoms with van der Waals surface area (Å²) in [5.41, 5.74) is 1.53. The third-order valence-electron chi connectivity index (χ3n) is 2.97. The second-order valence-electron chi connectivity index (χ2n) is 4.35. The molecule has 19 heavy (non-hydrogen) atoms. The molecule has 2 rings (SSSR count). The van der Waals surface area contributed by atoms with Crippen molar-refractivity contribution in [3.05, 3.63) is 54.0 Å². The Labute approximate surface area is 112 Å². The number of aromatic nitrogens is 1. The van der Waals surface area contributed by atoms with Crippen LogP contribution in [0.3, 0.4) is 0 Å². The second-order valence-corrected chi connectivity index (χ2v) is 4.35. The normalized spacial score (nSPS) is 12.2. The summed E-state index contributed by atoms with van der Waals surface area (Å²) in [7, 11) is 0. The van der Waals surface area contributed by atoms with E-state index in [1.165, 1.54) is 12.1 Å². The predicted molar refractivity (Wildman–Crippen MR) is 74.0 cm³/mol. The van der Waals surface area contributed by atoms with E-state index in [2.05, 4.69) is 4.98 Å². The molecular weight excluding hydrogens is 243 g/mol. The Hall–Kier alpha value is -1.94. The lowest BCUT2D eigenvalue weighted by atomic mass is 10.2. The monoisotopic (exact) mass is 260 g/mol. The first kappa shape index (κ1) is 13.5. The van der Waals surface area contributed by atoms with E-state index in [0.29, 0.717) is 6.54 Å². The molecule has 4 heteroatoms. The predicted octanol–water partition coefficient (Wildman–Crippen LogP) is 3.43. The Bertz CT molecular complexity index is 540. The molecule has 0 fully saturated rings. The summed E-state index contributed by atoms with van der Waals surface area (Å²) in [5, 5.41) is 9.46. The van der Waals surface area contributed by atoms with Crippen molar-refractivity contribution in [3.63, 3.8) is 0 Å². The largest absolute Gasteiger partial charge is 0.389 e. The van der Waals surface area contributed by atoms with Gasteiger partial charge in [-0.2, -0.15) is 0 Å². The van der Waals surface area contributed by atoms with E-state index in [4.69, 9.17) is 0 Å².